The van der Waals surface area contributed by atoms with Crippen molar-refractivity contribution in [3.05, 3.63) is 52.3 Å². The molecule has 1 fully saturated rings. The first-order valence-corrected chi connectivity index (χ1v) is 12.4. The van der Waals surface area contributed by atoms with E-state index < -0.39 is 29.2 Å². The van der Waals surface area contributed by atoms with Crippen molar-refractivity contribution >= 4 is 63.5 Å². The lowest BCUT2D eigenvalue weighted by atomic mass is 10.0. The maximum atomic E-state index is 12.9. The average molecular weight is 520 g/mol. The molecule has 2 aliphatic heterocycles. The third kappa shape index (κ3) is 4.76. The van der Waals surface area contributed by atoms with Crippen LogP contribution >= 0.6 is 34.9 Å². The highest BCUT2D eigenvalue weighted by Crippen LogP contribution is 2.41. The summed E-state index contributed by atoms with van der Waals surface area (Å²) in [4.78, 5) is 55.7. The lowest BCUT2D eigenvalue weighted by Gasteiger charge is -2.49. The number of carboxylic acid groups (broad SMARTS) is 1. The number of thiazole rings is 1. The number of β-lactam (4-membered cyclic amide) rings is 1. The van der Waals surface area contributed by atoms with E-state index in [0.717, 1.165) is 11.3 Å². The van der Waals surface area contributed by atoms with Gasteiger partial charge in [0.2, 0.25) is 0 Å². The standard InChI is InChI=1S/C19H17N7O5S3/c1-31-25-11(10-8-34-18(20)23-10)14(27)24-12-15(28)26-13(17(29)30)9(7-33-16(12)26)3-6-32-19-21-4-2-5-22-19/h2-6,8,12,16H,7H2,1H3,(H2,20,23)(H,24,27)(H,29,30)/b6-3+,25-11-. The van der Waals surface area contributed by atoms with Crippen LogP contribution in [0.5, 0.6) is 0 Å². The van der Waals surface area contributed by atoms with Gasteiger partial charge >= 0.3 is 5.97 Å². The zero-order chi connectivity index (χ0) is 24.2. The summed E-state index contributed by atoms with van der Waals surface area (Å²) < 4.78 is 0. The number of amides is 2. The maximum absolute atomic E-state index is 12.9. The molecule has 0 bridgehead atoms. The summed E-state index contributed by atoms with van der Waals surface area (Å²) in [5, 5.41) is 19.5. The largest absolute Gasteiger partial charge is 0.477 e. The highest BCUT2D eigenvalue weighted by Gasteiger charge is 2.54. The van der Waals surface area contributed by atoms with Gasteiger partial charge in [0.1, 0.15) is 29.9 Å². The SMILES string of the molecule is CO/N=C(\C(=O)NC1C(=O)N2C(C(=O)O)=C(/C=C/Sc3ncccn3)CSC12)c1csc(N)n1. The van der Waals surface area contributed by atoms with Crippen molar-refractivity contribution in [1.29, 1.82) is 0 Å². The smallest absolute Gasteiger partial charge is 0.352 e. The van der Waals surface area contributed by atoms with Crippen LogP contribution in [0.1, 0.15) is 5.69 Å². The number of carboxylic acids is 1. The number of rotatable bonds is 8. The minimum atomic E-state index is -1.23. The van der Waals surface area contributed by atoms with Crippen molar-refractivity contribution in [2.75, 3.05) is 18.6 Å². The first-order valence-electron chi connectivity index (χ1n) is 9.55. The molecule has 4 N–H and O–H groups in total. The van der Waals surface area contributed by atoms with E-state index in [1.807, 2.05) is 0 Å². The van der Waals surface area contributed by atoms with Gasteiger partial charge in [-0.25, -0.2) is 19.7 Å². The summed E-state index contributed by atoms with van der Waals surface area (Å²) >= 11 is 3.69. The number of oxime groups is 1. The van der Waals surface area contributed by atoms with Crippen LogP contribution in [0.3, 0.4) is 0 Å². The minimum absolute atomic E-state index is 0.122. The average Bonchev–Trinajstić information content (AvgIpc) is 3.26. The minimum Gasteiger partial charge on any atom is -0.477 e. The normalized spacial score (nSPS) is 20.2. The number of aromatic nitrogens is 3. The van der Waals surface area contributed by atoms with Crippen LogP contribution in [0.15, 0.2) is 56.9 Å². The Labute approximate surface area is 205 Å². The Morgan fingerprint density at radius 2 is 2.18 bits per heavy atom. The summed E-state index contributed by atoms with van der Waals surface area (Å²) in [6.07, 6.45) is 4.83. The van der Waals surface area contributed by atoms with Crippen LogP contribution in [-0.4, -0.2) is 72.7 Å². The van der Waals surface area contributed by atoms with Crippen molar-refractivity contribution < 1.29 is 24.3 Å². The number of hydrogen-bond acceptors (Lipinski definition) is 12. The van der Waals surface area contributed by atoms with E-state index >= 15 is 0 Å². The van der Waals surface area contributed by atoms with E-state index in [9.17, 15) is 19.5 Å². The fourth-order valence-corrected chi connectivity index (χ4v) is 5.66. The van der Waals surface area contributed by atoms with Gasteiger partial charge in [0.25, 0.3) is 11.8 Å². The van der Waals surface area contributed by atoms with Crippen molar-refractivity contribution in [2.24, 2.45) is 5.16 Å². The first-order chi connectivity index (χ1) is 16.4. The van der Waals surface area contributed by atoms with Crippen molar-refractivity contribution in [1.82, 2.24) is 25.2 Å². The van der Waals surface area contributed by atoms with Crippen molar-refractivity contribution in [3.8, 4) is 0 Å². The fraction of sp³-hybridized carbons (Fsp3) is 0.211. The number of fused-ring (bicyclic) bond motifs is 1. The molecule has 0 aliphatic carbocycles. The van der Waals surface area contributed by atoms with Crippen LogP contribution in [0.4, 0.5) is 5.13 Å². The Kier molecular flexibility index (Phi) is 7.14. The van der Waals surface area contributed by atoms with Gasteiger partial charge in [-0.15, -0.1) is 23.1 Å². The van der Waals surface area contributed by atoms with Gasteiger partial charge in [0, 0.05) is 23.5 Å². The van der Waals surface area contributed by atoms with Crippen LogP contribution in [-0.2, 0) is 19.2 Å². The number of anilines is 1. The fourth-order valence-electron chi connectivity index (χ4n) is 3.20. The van der Waals surface area contributed by atoms with E-state index in [-0.39, 0.29) is 22.2 Å². The van der Waals surface area contributed by atoms with E-state index in [0.29, 0.717) is 16.5 Å². The molecule has 2 aromatic rings. The van der Waals surface area contributed by atoms with Gasteiger partial charge in [-0.1, -0.05) is 16.9 Å². The molecule has 0 radical (unpaired) electrons. The number of carbonyl (C=O) groups is 3. The highest BCUT2D eigenvalue weighted by atomic mass is 32.2. The molecule has 2 amide bonds. The molecule has 12 nitrogen and oxygen atoms in total. The van der Waals surface area contributed by atoms with Gasteiger partial charge in [-0.05, 0) is 23.1 Å². The number of nitrogen functional groups attached to an aromatic ring is 1. The van der Waals surface area contributed by atoms with Gasteiger partial charge < -0.3 is 21.0 Å². The van der Waals surface area contributed by atoms with Crippen LogP contribution < -0.4 is 11.1 Å². The number of carbonyl (C=O) groups excluding carboxylic acids is 2. The lowest BCUT2D eigenvalue weighted by Crippen LogP contribution is -2.71. The van der Waals surface area contributed by atoms with Gasteiger partial charge in [-0.2, -0.15) is 0 Å². The monoisotopic (exact) mass is 519 g/mol. The summed E-state index contributed by atoms with van der Waals surface area (Å²) in [7, 11) is 1.28. The molecule has 2 atom stereocenters. The maximum Gasteiger partial charge on any atom is 0.352 e. The third-order valence-corrected chi connectivity index (χ3v) is 7.30. The lowest BCUT2D eigenvalue weighted by molar-refractivity contribution is -0.150. The Hall–Kier alpha value is -3.43. The molecule has 176 valence electrons. The first kappa shape index (κ1) is 23.7. The van der Waals surface area contributed by atoms with Crippen LogP contribution in [0, 0.1) is 0 Å². The zero-order valence-corrected chi connectivity index (χ0v) is 19.9. The molecule has 2 aliphatic rings. The highest BCUT2D eigenvalue weighted by molar-refractivity contribution is 8.02. The summed E-state index contributed by atoms with van der Waals surface area (Å²) in [5.41, 5.74) is 6.04. The zero-order valence-electron chi connectivity index (χ0n) is 17.4. The predicted molar refractivity (Wildman–Crippen MR) is 127 cm³/mol. The number of allylic oxidation sites excluding steroid dienone is 1. The molecule has 1 saturated heterocycles. The Bertz CT molecular complexity index is 1210. The summed E-state index contributed by atoms with van der Waals surface area (Å²) in [6, 6.07) is 0.764. The van der Waals surface area contributed by atoms with E-state index in [1.165, 1.54) is 35.5 Å². The van der Waals surface area contributed by atoms with E-state index in [1.54, 1.807) is 35.3 Å². The van der Waals surface area contributed by atoms with Gasteiger partial charge in [0.05, 0.1) is 0 Å². The Balaban J connectivity index is 1.49. The molecule has 34 heavy (non-hydrogen) atoms. The van der Waals surface area contributed by atoms with Gasteiger partial charge in [-0.3, -0.25) is 14.5 Å². The number of nitrogens with one attached hydrogen (secondary N) is 1. The molecule has 4 rings (SSSR count). The van der Waals surface area contributed by atoms with Crippen molar-refractivity contribution in [3.63, 3.8) is 0 Å². The molecule has 0 saturated carbocycles. The number of aliphatic carboxylic acids is 1. The summed E-state index contributed by atoms with van der Waals surface area (Å²) in [5.74, 6) is -2.13. The predicted octanol–water partition coefficient (Wildman–Crippen LogP) is 0.910. The molecule has 2 unspecified atom stereocenters. The second kappa shape index (κ2) is 10.2. The number of nitrogens with two attached hydrogens (primary N) is 1. The molecule has 15 heteroatoms. The molecule has 0 spiro atoms. The quantitative estimate of drug-likeness (QED) is 0.149. The number of hydrogen-bond donors (Lipinski definition) is 3. The summed E-state index contributed by atoms with van der Waals surface area (Å²) in [6.45, 7) is 0. The molecule has 2 aromatic heterocycles. The van der Waals surface area contributed by atoms with Gasteiger partial charge in [0.15, 0.2) is 16.0 Å². The van der Waals surface area contributed by atoms with Crippen LogP contribution in [0.2, 0.25) is 0 Å². The van der Waals surface area contributed by atoms with Crippen LogP contribution in [0.25, 0.3) is 0 Å². The second-order valence-corrected chi connectivity index (χ2v) is 9.55. The number of nitrogens with zero attached hydrogens (tertiary/aromatic N) is 5. The Morgan fingerprint density at radius 3 is 2.82 bits per heavy atom. The van der Waals surface area contributed by atoms with E-state index in [4.69, 9.17) is 10.6 Å². The molecule has 4 heterocycles. The number of thioether (sulfide) groups is 2. The second-order valence-electron chi connectivity index (χ2n) is 6.69. The topological polar surface area (TPSA) is 173 Å². The molecular weight excluding hydrogens is 502 g/mol. The molecule has 0 aromatic carbocycles. The third-order valence-electron chi connectivity index (χ3n) is 4.63. The molecular formula is C19H17N7O5S3. The van der Waals surface area contributed by atoms with Crippen molar-refractivity contribution in [2.45, 2.75) is 16.6 Å². The van der Waals surface area contributed by atoms with E-state index in [2.05, 4.69) is 25.4 Å². The Morgan fingerprint density at radius 1 is 1.41 bits per heavy atom.